The Labute approximate surface area is 212 Å². The van der Waals surface area contributed by atoms with Gasteiger partial charge in [0.1, 0.15) is 11.6 Å². The Balaban J connectivity index is 1.58. The average molecular weight is 505 g/mol. The van der Waals surface area contributed by atoms with E-state index in [9.17, 15) is 14.7 Å². The van der Waals surface area contributed by atoms with Crippen molar-refractivity contribution in [1.29, 1.82) is 0 Å². The van der Waals surface area contributed by atoms with Crippen LogP contribution >= 0.6 is 0 Å². The fourth-order valence-corrected chi connectivity index (χ4v) is 4.95. The van der Waals surface area contributed by atoms with Crippen LogP contribution in [0.1, 0.15) is 40.2 Å². The lowest BCUT2D eigenvalue weighted by Crippen LogP contribution is -2.48. The average Bonchev–Trinajstić information content (AvgIpc) is 3.22. The molecule has 1 aliphatic heterocycles. The number of rotatable bonds is 5. The fourth-order valence-electron chi connectivity index (χ4n) is 4.95. The van der Waals surface area contributed by atoms with Gasteiger partial charge in [-0.3, -0.25) is 9.59 Å². The number of aromatic nitrogens is 2. The van der Waals surface area contributed by atoms with E-state index in [0.717, 1.165) is 0 Å². The van der Waals surface area contributed by atoms with E-state index >= 15 is 8.78 Å². The van der Waals surface area contributed by atoms with Crippen molar-refractivity contribution in [3.8, 4) is 0 Å². The number of likely N-dealkylation sites (tertiary alicyclic amines) is 1. The molecule has 0 spiro atoms. The number of amides is 2. The second-order valence-corrected chi connectivity index (χ2v) is 9.35. The Kier molecular flexibility index (Phi) is 6.25. The largest absolute Gasteiger partial charge is 0.373 e. The van der Waals surface area contributed by atoms with Crippen LogP contribution in [0.25, 0.3) is 11.0 Å². The monoisotopic (exact) mass is 504 g/mol. The Morgan fingerprint density at radius 2 is 1.65 bits per heavy atom. The molecule has 1 saturated heterocycles. The quantitative estimate of drug-likeness (QED) is 0.436. The summed E-state index contributed by atoms with van der Waals surface area (Å²) in [6.07, 6.45) is 0.932. The van der Waals surface area contributed by atoms with Crippen LogP contribution in [-0.2, 0) is 17.4 Å². The molecule has 0 bridgehead atoms. The Morgan fingerprint density at radius 3 is 2.24 bits per heavy atom. The molecule has 7 nitrogen and oxygen atoms in total. The lowest BCUT2D eigenvalue weighted by atomic mass is 9.84. The minimum atomic E-state index is -2.24. The fraction of sp³-hybridized carbons (Fsp3) is 0.250. The molecule has 0 saturated carbocycles. The number of benzene rings is 3. The van der Waals surface area contributed by atoms with Crippen LogP contribution in [0.15, 0.2) is 66.7 Å². The second kappa shape index (κ2) is 9.40. The van der Waals surface area contributed by atoms with Gasteiger partial charge in [-0.25, -0.2) is 13.8 Å². The molecule has 0 aliphatic carbocycles. The molecular weight excluding hydrogens is 478 g/mol. The van der Waals surface area contributed by atoms with Crippen molar-refractivity contribution in [2.24, 2.45) is 7.05 Å². The molecular formula is C28H26F2N4O3. The highest BCUT2D eigenvalue weighted by Crippen LogP contribution is 2.39. The number of aryl methyl sites for hydroxylation is 1. The zero-order valence-corrected chi connectivity index (χ0v) is 20.4. The maximum atomic E-state index is 15.0. The molecule has 37 heavy (non-hydrogen) atoms. The van der Waals surface area contributed by atoms with Gasteiger partial charge in [-0.2, -0.15) is 0 Å². The topological polar surface area (TPSA) is 87.5 Å². The number of nitrogens with one attached hydrogen (secondary N) is 1. The van der Waals surface area contributed by atoms with Crippen molar-refractivity contribution in [1.82, 2.24) is 19.8 Å². The molecule has 1 atom stereocenters. The number of halogens is 2. The van der Waals surface area contributed by atoms with Crippen LogP contribution in [0.5, 0.6) is 0 Å². The molecule has 2 heterocycles. The van der Waals surface area contributed by atoms with E-state index in [-0.39, 0.29) is 34.8 Å². The third-order valence-corrected chi connectivity index (χ3v) is 6.96. The molecule has 5 rings (SSSR count). The van der Waals surface area contributed by atoms with Crippen molar-refractivity contribution in [3.63, 3.8) is 0 Å². The molecule has 3 aromatic carbocycles. The normalized spacial score (nSPS) is 16.3. The number of aliphatic hydroxyl groups is 1. The summed E-state index contributed by atoms with van der Waals surface area (Å²) in [5.41, 5.74) is -1.22. The lowest BCUT2D eigenvalue weighted by Gasteiger charge is -2.30. The smallest absolute Gasteiger partial charge is 0.251 e. The number of hydrogen-bond donors (Lipinski definition) is 2. The third kappa shape index (κ3) is 4.25. The van der Waals surface area contributed by atoms with Crippen LogP contribution in [0, 0.1) is 11.6 Å². The molecule has 0 radical (unpaired) electrons. The third-order valence-electron chi connectivity index (χ3n) is 6.96. The summed E-state index contributed by atoms with van der Waals surface area (Å²) < 4.78 is 31.6. The first-order chi connectivity index (χ1) is 17.7. The summed E-state index contributed by atoms with van der Waals surface area (Å²) in [4.78, 5) is 30.9. The second-order valence-electron chi connectivity index (χ2n) is 9.35. The first kappa shape index (κ1) is 24.6. The Morgan fingerprint density at radius 1 is 1.03 bits per heavy atom. The van der Waals surface area contributed by atoms with Crippen LogP contribution < -0.4 is 5.32 Å². The maximum absolute atomic E-state index is 15.0. The lowest BCUT2D eigenvalue weighted by molar-refractivity contribution is -0.132. The summed E-state index contributed by atoms with van der Waals surface area (Å²) in [6, 6.07) is 16.0. The molecule has 2 N–H and O–H groups in total. The summed E-state index contributed by atoms with van der Waals surface area (Å²) in [5, 5.41) is 15.0. The van der Waals surface area contributed by atoms with Gasteiger partial charge in [-0.15, -0.1) is 0 Å². The number of carbonyl (C=O) groups is 2. The van der Waals surface area contributed by atoms with Gasteiger partial charge in [0, 0.05) is 49.8 Å². The van der Waals surface area contributed by atoms with Crippen molar-refractivity contribution in [3.05, 3.63) is 101 Å². The van der Waals surface area contributed by atoms with Gasteiger partial charge in [0.25, 0.3) is 5.91 Å². The number of nitrogens with zero attached hydrogens (tertiary/aromatic N) is 3. The summed E-state index contributed by atoms with van der Waals surface area (Å²) in [6.45, 7) is 0.432. The first-order valence-corrected chi connectivity index (χ1v) is 11.9. The number of piperidine rings is 1. The van der Waals surface area contributed by atoms with Gasteiger partial charge in [-0.05, 0) is 36.8 Å². The molecule has 0 unspecified atom stereocenters. The minimum absolute atomic E-state index is 0.00248. The standard InChI is InChI=1S/C28H26F2N4O3/c1-33-16-18(12-14-25(33)35)31-26(36)17-11-13-23-24(15-17)34(2)27(32-23)28(37,19-7-3-5-9-21(19)29)20-8-4-6-10-22(20)30/h3-11,13,15,18,37H,12,14,16H2,1-2H3,(H,31,36)/t18-/m0/s1. The molecule has 4 aromatic rings. The highest BCUT2D eigenvalue weighted by Gasteiger charge is 2.42. The zero-order valence-electron chi connectivity index (χ0n) is 20.4. The predicted octanol–water partition coefficient (Wildman–Crippen LogP) is 3.49. The van der Waals surface area contributed by atoms with Gasteiger partial charge in [0.15, 0.2) is 11.4 Å². The van der Waals surface area contributed by atoms with E-state index in [1.54, 1.807) is 49.3 Å². The zero-order chi connectivity index (χ0) is 26.3. The number of carbonyl (C=O) groups excluding carboxylic acids is 2. The summed E-state index contributed by atoms with van der Waals surface area (Å²) in [7, 11) is 3.33. The maximum Gasteiger partial charge on any atom is 0.251 e. The van der Waals surface area contributed by atoms with Gasteiger partial charge >= 0.3 is 0 Å². The summed E-state index contributed by atoms with van der Waals surface area (Å²) >= 11 is 0. The molecule has 1 aromatic heterocycles. The first-order valence-electron chi connectivity index (χ1n) is 11.9. The van der Waals surface area contributed by atoms with E-state index in [0.29, 0.717) is 36.0 Å². The SMILES string of the molecule is CN1C[C@@H](NC(=O)c2ccc3nc(C(O)(c4ccccc4F)c4ccccc4F)n(C)c3c2)CCC1=O. The van der Waals surface area contributed by atoms with Gasteiger partial charge in [-0.1, -0.05) is 36.4 Å². The number of imidazole rings is 1. The molecule has 1 aliphatic rings. The van der Waals surface area contributed by atoms with Crippen LogP contribution in [0.2, 0.25) is 0 Å². The number of likely N-dealkylation sites (N-methyl/N-ethyl adjacent to an activating group) is 1. The number of fused-ring (bicyclic) bond motifs is 1. The molecule has 190 valence electrons. The predicted molar refractivity (Wildman–Crippen MR) is 134 cm³/mol. The van der Waals surface area contributed by atoms with Gasteiger partial charge < -0.3 is 19.9 Å². The van der Waals surface area contributed by atoms with Crippen LogP contribution in [0.4, 0.5) is 8.78 Å². The highest BCUT2D eigenvalue weighted by molar-refractivity contribution is 5.97. The van der Waals surface area contributed by atoms with E-state index < -0.39 is 17.2 Å². The summed E-state index contributed by atoms with van der Waals surface area (Å²) in [5.74, 6) is -1.68. The van der Waals surface area contributed by atoms with Crippen molar-refractivity contribution >= 4 is 22.8 Å². The number of hydrogen-bond acceptors (Lipinski definition) is 4. The van der Waals surface area contributed by atoms with Gasteiger partial charge in [0.2, 0.25) is 5.91 Å². The van der Waals surface area contributed by atoms with Crippen molar-refractivity contribution in [2.45, 2.75) is 24.5 Å². The van der Waals surface area contributed by atoms with E-state index in [4.69, 9.17) is 0 Å². The molecule has 1 fully saturated rings. The van der Waals surface area contributed by atoms with Crippen LogP contribution in [0.3, 0.4) is 0 Å². The molecule has 9 heteroatoms. The van der Waals surface area contributed by atoms with E-state index in [1.165, 1.54) is 41.0 Å². The Bertz CT molecular complexity index is 1470. The minimum Gasteiger partial charge on any atom is -0.373 e. The molecule has 2 amide bonds. The highest BCUT2D eigenvalue weighted by atomic mass is 19.1. The Hall–Kier alpha value is -4.11. The van der Waals surface area contributed by atoms with E-state index in [1.807, 2.05) is 0 Å². The van der Waals surface area contributed by atoms with Gasteiger partial charge in [0.05, 0.1) is 11.0 Å². The van der Waals surface area contributed by atoms with E-state index in [2.05, 4.69) is 10.3 Å². The van der Waals surface area contributed by atoms with Crippen molar-refractivity contribution in [2.75, 3.05) is 13.6 Å². The van der Waals surface area contributed by atoms with Crippen LogP contribution in [-0.4, -0.2) is 51.0 Å². The van der Waals surface area contributed by atoms with Crippen molar-refractivity contribution < 1.29 is 23.5 Å².